The minimum Gasteiger partial charge on any atom is -0.399 e. The van der Waals surface area contributed by atoms with E-state index in [1.54, 1.807) is 6.07 Å². The molecule has 3 heteroatoms. The number of nitrogens with zero attached hydrogens (tertiary/aromatic N) is 1. The van der Waals surface area contributed by atoms with Crippen molar-refractivity contribution >= 4 is 11.6 Å². The van der Waals surface area contributed by atoms with Gasteiger partial charge in [-0.15, -0.1) is 0 Å². The maximum atomic E-state index is 12.9. The van der Waals surface area contributed by atoms with Gasteiger partial charge in [-0.2, -0.15) is 0 Å². The average molecular weight is 276 g/mol. The standard InChI is InChI=1S/C17H28N2O/c1-6-15(7-2)19(11-12(3)4)17(20)16-9-8-14(18)10-13(16)5/h8-10,12,15H,6-7,11,18H2,1-5H3. The quantitative estimate of drug-likeness (QED) is 0.802. The van der Waals surface area contributed by atoms with Gasteiger partial charge in [0.1, 0.15) is 0 Å². The Balaban J connectivity index is 3.09. The molecule has 0 aliphatic heterocycles. The summed E-state index contributed by atoms with van der Waals surface area (Å²) in [5, 5.41) is 0. The van der Waals surface area contributed by atoms with Gasteiger partial charge < -0.3 is 10.6 Å². The minimum atomic E-state index is 0.130. The van der Waals surface area contributed by atoms with E-state index >= 15 is 0 Å². The Morgan fingerprint density at radius 2 is 1.85 bits per heavy atom. The molecular formula is C17H28N2O. The summed E-state index contributed by atoms with van der Waals surface area (Å²) in [5.74, 6) is 0.596. The van der Waals surface area contributed by atoms with Gasteiger partial charge in [-0.25, -0.2) is 0 Å². The SMILES string of the molecule is CCC(CC)N(CC(C)C)C(=O)c1ccc(N)cc1C. The second-order valence-corrected chi connectivity index (χ2v) is 5.90. The van der Waals surface area contributed by atoms with Crippen molar-refractivity contribution in [3.05, 3.63) is 29.3 Å². The van der Waals surface area contributed by atoms with Gasteiger partial charge in [0.25, 0.3) is 5.91 Å². The van der Waals surface area contributed by atoms with Crippen LogP contribution in [0.3, 0.4) is 0 Å². The molecular weight excluding hydrogens is 248 g/mol. The van der Waals surface area contributed by atoms with Gasteiger partial charge >= 0.3 is 0 Å². The third-order valence-electron chi connectivity index (χ3n) is 3.69. The van der Waals surface area contributed by atoms with Gasteiger partial charge in [-0.05, 0) is 49.4 Å². The molecule has 0 atom stereocenters. The first-order valence-electron chi connectivity index (χ1n) is 7.57. The molecule has 3 nitrogen and oxygen atoms in total. The molecule has 0 spiro atoms. The van der Waals surface area contributed by atoms with E-state index in [1.165, 1.54) is 0 Å². The Labute approximate surface area is 123 Å². The van der Waals surface area contributed by atoms with Gasteiger partial charge in [0.15, 0.2) is 0 Å². The van der Waals surface area contributed by atoms with E-state index in [1.807, 2.05) is 24.0 Å². The molecule has 0 unspecified atom stereocenters. The van der Waals surface area contributed by atoms with E-state index in [4.69, 9.17) is 5.73 Å². The molecule has 1 rings (SSSR count). The third kappa shape index (κ3) is 3.99. The van der Waals surface area contributed by atoms with E-state index in [0.29, 0.717) is 17.6 Å². The monoisotopic (exact) mass is 276 g/mol. The van der Waals surface area contributed by atoms with Gasteiger partial charge in [0, 0.05) is 23.8 Å². The zero-order chi connectivity index (χ0) is 15.3. The Morgan fingerprint density at radius 3 is 2.30 bits per heavy atom. The number of hydrogen-bond acceptors (Lipinski definition) is 2. The highest BCUT2D eigenvalue weighted by molar-refractivity contribution is 5.96. The predicted molar refractivity (Wildman–Crippen MR) is 85.8 cm³/mol. The van der Waals surface area contributed by atoms with E-state index in [0.717, 1.165) is 30.5 Å². The Kier molecular flexibility index (Phi) is 6.05. The van der Waals surface area contributed by atoms with Crippen LogP contribution in [-0.2, 0) is 0 Å². The van der Waals surface area contributed by atoms with Crippen molar-refractivity contribution in [3.63, 3.8) is 0 Å². The number of anilines is 1. The first-order chi connectivity index (χ1) is 9.40. The van der Waals surface area contributed by atoms with E-state index in [9.17, 15) is 4.79 Å². The molecule has 1 aromatic rings. The zero-order valence-electron chi connectivity index (χ0n) is 13.4. The first-order valence-corrected chi connectivity index (χ1v) is 7.57. The molecule has 0 saturated heterocycles. The fourth-order valence-electron chi connectivity index (χ4n) is 2.60. The smallest absolute Gasteiger partial charge is 0.254 e. The van der Waals surface area contributed by atoms with E-state index in [2.05, 4.69) is 27.7 Å². The number of rotatable bonds is 6. The number of benzene rings is 1. The Hall–Kier alpha value is -1.51. The lowest BCUT2D eigenvalue weighted by atomic mass is 10.0. The van der Waals surface area contributed by atoms with Gasteiger partial charge in [-0.3, -0.25) is 4.79 Å². The highest BCUT2D eigenvalue weighted by atomic mass is 16.2. The highest BCUT2D eigenvalue weighted by Gasteiger charge is 2.24. The van der Waals surface area contributed by atoms with E-state index < -0.39 is 0 Å². The third-order valence-corrected chi connectivity index (χ3v) is 3.69. The number of carbonyl (C=O) groups excluding carboxylic acids is 1. The minimum absolute atomic E-state index is 0.130. The lowest BCUT2D eigenvalue weighted by Gasteiger charge is -2.32. The largest absolute Gasteiger partial charge is 0.399 e. The summed E-state index contributed by atoms with van der Waals surface area (Å²) in [7, 11) is 0. The molecule has 1 amide bonds. The fraction of sp³-hybridized carbons (Fsp3) is 0.588. The number of amides is 1. The molecule has 2 N–H and O–H groups in total. The van der Waals surface area contributed by atoms with Crippen molar-refractivity contribution < 1.29 is 4.79 Å². The summed E-state index contributed by atoms with van der Waals surface area (Å²) < 4.78 is 0. The van der Waals surface area contributed by atoms with E-state index in [-0.39, 0.29) is 5.91 Å². The van der Waals surface area contributed by atoms with Gasteiger partial charge in [0.05, 0.1) is 0 Å². The highest BCUT2D eigenvalue weighted by Crippen LogP contribution is 2.19. The fourth-order valence-corrected chi connectivity index (χ4v) is 2.60. The summed E-state index contributed by atoms with van der Waals surface area (Å²) >= 11 is 0. The normalized spacial score (nSPS) is 11.2. The maximum absolute atomic E-state index is 12.9. The van der Waals surface area contributed by atoms with Crippen LogP contribution >= 0.6 is 0 Å². The number of hydrogen-bond donors (Lipinski definition) is 1. The molecule has 0 aromatic heterocycles. The Morgan fingerprint density at radius 1 is 1.25 bits per heavy atom. The number of carbonyl (C=O) groups is 1. The van der Waals surface area contributed by atoms with Crippen LogP contribution in [0.1, 0.15) is 56.5 Å². The summed E-state index contributed by atoms with van der Waals surface area (Å²) in [6.07, 6.45) is 1.98. The van der Waals surface area contributed by atoms with Crippen molar-refractivity contribution in [2.75, 3.05) is 12.3 Å². The molecule has 0 heterocycles. The van der Waals surface area contributed by atoms with Gasteiger partial charge in [0.2, 0.25) is 0 Å². The molecule has 0 radical (unpaired) electrons. The topological polar surface area (TPSA) is 46.3 Å². The van der Waals surface area contributed by atoms with Gasteiger partial charge in [-0.1, -0.05) is 27.7 Å². The van der Waals surface area contributed by atoms with Crippen molar-refractivity contribution in [2.45, 2.75) is 53.5 Å². The maximum Gasteiger partial charge on any atom is 0.254 e. The van der Waals surface area contributed by atoms with Crippen LogP contribution in [-0.4, -0.2) is 23.4 Å². The number of nitrogens with two attached hydrogens (primary N) is 1. The van der Waals surface area contributed by atoms with Crippen LogP contribution in [0.15, 0.2) is 18.2 Å². The lowest BCUT2D eigenvalue weighted by molar-refractivity contribution is 0.0639. The molecule has 0 saturated carbocycles. The molecule has 1 aromatic carbocycles. The van der Waals surface area contributed by atoms with Crippen LogP contribution in [0, 0.1) is 12.8 Å². The summed E-state index contributed by atoms with van der Waals surface area (Å²) in [6.45, 7) is 11.3. The number of aryl methyl sites for hydroxylation is 1. The average Bonchev–Trinajstić information content (AvgIpc) is 2.37. The van der Waals surface area contributed by atoms with Crippen LogP contribution in [0.2, 0.25) is 0 Å². The summed E-state index contributed by atoms with van der Waals surface area (Å²) in [6, 6.07) is 5.83. The second kappa shape index (κ2) is 7.32. The predicted octanol–water partition coefficient (Wildman–Crippen LogP) is 3.86. The van der Waals surface area contributed by atoms with Crippen molar-refractivity contribution in [2.24, 2.45) is 5.92 Å². The van der Waals surface area contributed by atoms with Crippen molar-refractivity contribution in [1.82, 2.24) is 4.90 Å². The molecule has 20 heavy (non-hydrogen) atoms. The van der Waals surface area contributed by atoms with Crippen LogP contribution < -0.4 is 5.73 Å². The molecule has 0 fully saturated rings. The molecule has 112 valence electrons. The van der Waals surface area contributed by atoms with Crippen molar-refractivity contribution in [3.8, 4) is 0 Å². The second-order valence-electron chi connectivity index (χ2n) is 5.90. The van der Waals surface area contributed by atoms with Crippen LogP contribution in [0.4, 0.5) is 5.69 Å². The van der Waals surface area contributed by atoms with Crippen LogP contribution in [0.25, 0.3) is 0 Å². The molecule has 0 bridgehead atoms. The summed E-state index contributed by atoms with van der Waals surface area (Å²) in [5.41, 5.74) is 8.20. The number of nitrogen functional groups attached to an aromatic ring is 1. The lowest BCUT2D eigenvalue weighted by Crippen LogP contribution is -2.42. The molecule has 0 aliphatic rings. The first kappa shape index (κ1) is 16.5. The summed E-state index contributed by atoms with van der Waals surface area (Å²) in [4.78, 5) is 14.9. The van der Waals surface area contributed by atoms with Crippen LogP contribution in [0.5, 0.6) is 0 Å². The zero-order valence-corrected chi connectivity index (χ0v) is 13.4. The Bertz CT molecular complexity index is 450. The van der Waals surface area contributed by atoms with Crippen molar-refractivity contribution in [1.29, 1.82) is 0 Å². The molecule has 0 aliphatic carbocycles.